The fourth-order valence-electron chi connectivity index (χ4n) is 2.34. The molecule has 2 heterocycles. The molecule has 94 valence electrons. The van der Waals surface area contributed by atoms with Crippen molar-refractivity contribution in [3.05, 3.63) is 12.3 Å². The van der Waals surface area contributed by atoms with E-state index in [2.05, 4.69) is 39.7 Å². The number of aromatic nitrogens is 2. The number of hydrogen-bond donors (Lipinski definition) is 0. The zero-order valence-electron chi connectivity index (χ0n) is 11.5. The number of nitrogens with zero attached hydrogens (tertiary/aromatic N) is 2. The van der Waals surface area contributed by atoms with Crippen molar-refractivity contribution in [2.45, 2.75) is 45.8 Å². The van der Waals surface area contributed by atoms with Crippen molar-refractivity contribution in [3.8, 4) is 0 Å². The van der Waals surface area contributed by atoms with E-state index in [1.807, 2.05) is 13.1 Å². The molecule has 1 unspecified atom stereocenters. The van der Waals surface area contributed by atoms with Gasteiger partial charge in [0.25, 0.3) is 0 Å². The molecule has 0 spiro atoms. The molecule has 5 heteroatoms. The van der Waals surface area contributed by atoms with Crippen LogP contribution < -0.4 is 5.59 Å². The van der Waals surface area contributed by atoms with Crippen LogP contribution in [-0.4, -0.2) is 28.1 Å². The molecule has 1 aromatic heterocycles. The molecular weight excluding hydrogens is 215 g/mol. The second-order valence-corrected chi connectivity index (χ2v) is 5.72. The zero-order chi connectivity index (χ0) is 12.8. The van der Waals surface area contributed by atoms with Gasteiger partial charge in [0.05, 0.1) is 16.8 Å². The molecular formula is C12H21BN2O2. The van der Waals surface area contributed by atoms with E-state index in [-0.39, 0.29) is 18.3 Å². The van der Waals surface area contributed by atoms with E-state index in [0.717, 1.165) is 5.59 Å². The summed E-state index contributed by atoms with van der Waals surface area (Å²) in [6.45, 7) is 10.6. The van der Waals surface area contributed by atoms with Gasteiger partial charge in [-0.05, 0) is 32.8 Å². The summed E-state index contributed by atoms with van der Waals surface area (Å²) in [4.78, 5) is 0. The molecule has 0 radical (unpaired) electrons. The molecule has 2 rings (SSSR count). The highest BCUT2D eigenvalue weighted by atomic mass is 16.7. The van der Waals surface area contributed by atoms with Gasteiger partial charge >= 0.3 is 7.12 Å². The Hall–Kier alpha value is -0.805. The van der Waals surface area contributed by atoms with Gasteiger partial charge in [-0.3, -0.25) is 4.68 Å². The van der Waals surface area contributed by atoms with Crippen molar-refractivity contribution >= 4 is 12.7 Å². The van der Waals surface area contributed by atoms with Gasteiger partial charge < -0.3 is 9.31 Å². The summed E-state index contributed by atoms with van der Waals surface area (Å²) in [5, 5.41) is 4.16. The van der Waals surface area contributed by atoms with Crippen LogP contribution in [0.25, 0.3) is 0 Å². The highest BCUT2D eigenvalue weighted by molar-refractivity contribution is 6.61. The predicted octanol–water partition coefficient (Wildman–Crippen LogP) is 1.36. The van der Waals surface area contributed by atoms with Crippen molar-refractivity contribution in [1.82, 2.24) is 9.78 Å². The molecule has 0 aromatic carbocycles. The fraction of sp³-hybridized carbons (Fsp3) is 0.750. The minimum atomic E-state index is -0.329. The molecule has 0 saturated carbocycles. The van der Waals surface area contributed by atoms with Crippen LogP contribution in [-0.2, 0) is 16.4 Å². The van der Waals surface area contributed by atoms with Crippen LogP contribution in [0.5, 0.6) is 0 Å². The fourth-order valence-corrected chi connectivity index (χ4v) is 2.34. The monoisotopic (exact) mass is 236 g/mol. The summed E-state index contributed by atoms with van der Waals surface area (Å²) in [5.74, 6) is 0.385. The molecule has 1 saturated heterocycles. The lowest BCUT2D eigenvalue weighted by Crippen LogP contribution is -2.49. The second-order valence-electron chi connectivity index (χ2n) is 5.72. The smallest absolute Gasteiger partial charge is 0.398 e. The van der Waals surface area contributed by atoms with Gasteiger partial charge in [0.2, 0.25) is 0 Å². The maximum atomic E-state index is 6.17. The van der Waals surface area contributed by atoms with Crippen molar-refractivity contribution in [2.24, 2.45) is 13.0 Å². The van der Waals surface area contributed by atoms with Crippen molar-refractivity contribution in [3.63, 3.8) is 0 Å². The minimum Gasteiger partial charge on any atom is -0.398 e. The Morgan fingerprint density at radius 1 is 1.29 bits per heavy atom. The van der Waals surface area contributed by atoms with E-state index in [1.165, 1.54) is 0 Å². The van der Waals surface area contributed by atoms with Crippen molar-refractivity contribution < 1.29 is 9.31 Å². The molecule has 1 aliphatic rings. The van der Waals surface area contributed by atoms with E-state index in [1.54, 1.807) is 10.9 Å². The van der Waals surface area contributed by atoms with Gasteiger partial charge in [-0.1, -0.05) is 13.8 Å². The highest BCUT2D eigenvalue weighted by Gasteiger charge is 2.56. The maximum Gasteiger partial charge on any atom is 0.514 e. The average Bonchev–Trinajstić information content (AvgIpc) is 2.70. The largest absolute Gasteiger partial charge is 0.514 e. The summed E-state index contributed by atoms with van der Waals surface area (Å²) in [5.41, 5.74) is 0.361. The highest BCUT2D eigenvalue weighted by Crippen LogP contribution is 2.42. The first kappa shape index (κ1) is 12.6. The zero-order valence-corrected chi connectivity index (χ0v) is 11.5. The first-order valence-electron chi connectivity index (χ1n) is 6.11. The first-order chi connectivity index (χ1) is 7.78. The summed E-state index contributed by atoms with van der Waals surface area (Å²) < 4.78 is 14.0. The Bertz CT molecular complexity index is 416. The van der Waals surface area contributed by atoms with Crippen LogP contribution in [0, 0.1) is 5.92 Å². The van der Waals surface area contributed by atoms with Gasteiger partial charge in [-0.2, -0.15) is 5.10 Å². The second kappa shape index (κ2) is 3.85. The summed E-state index contributed by atoms with van der Waals surface area (Å²) >= 11 is 0. The van der Waals surface area contributed by atoms with E-state index in [4.69, 9.17) is 9.31 Å². The molecule has 17 heavy (non-hydrogen) atoms. The van der Waals surface area contributed by atoms with Gasteiger partial charge in [0.15, 0.2) is 0 Å². The molecule has 0 N–H and O–H groups in total. The minimum absolute atomic E-state index is 0.290. The SMILES string of the molecule is CC(C)C1(C)OB(c2ccnn2C)OC1(C)C. The van der Waals surface area contributed by atoms with Crippen molar-refractivity contribution in [2.75, 3.05) is 0 Å². The summed E-state index contributed by atoms with van der Waals surface area (Å²) in [6, 6.07) is 1.94. The Kier molecular flexibility index (Phi) is 2.87. The van der Waals surface area contributed by atoms with Gasteiger partial charge in [-0.25, -0.2) is 0 Å². The Morgan fingerprint density at radius 2 is 1.94 bits per heavy atom. The Morgan fingerprint density at radius 3 is 2.35 bits per heavy atom. The summed E-state index contributed by atoms with van der Waals surface area (Å²) in [7, 11) is 1.57. The van der Waals surface area contributed by atoms with Gasteiger partial charge in [0.1, 0.15) is 0 Å². The standard InChI is InChI=1S/C12H21BN2O2/c1-9(2)12(5)11(3,4)16-13(17-12)10-7-8-14-15(10)6/h7-9H,1-6H3. The topological polar surface area (TPSA) is 36.3 Å². The van der Waals surface area contributed by atoms with Crippen LogP contribution in [0.1, 0.15) is 34.6 Å². The quantitative estimate of drug-likeness (QED) is 0.727. The lowest BCUT2D eigenvalue weighted by atomic mass is 9.79. The van der Waals surface area contributed by atoms with E-state index in [0.29, 0.717) is 5.92 Å². The van der Waals surface area contributed by atoms with E-state index < -0.39 is 0 Å². The molecule has 1 fully saturated rings. The third-order valence-corrected chi connectivity index (χ3v) is 4.15. The van der Waals surface area contributed by atoms with Crippen LogP contribution >= 0.6 is 0 Å². The predicted molar refractivity (Wildman–Crippen MR) is 68.1 cm³/mol. The lowest BCUT2D eigenvalue weighted by molar-refractivity contribution is -0.0435. The van der Waals surface area contributed by atoms with Crippen molar-refractivity contribution in [1.29, 1.82) is 0 Å². The number of rotatable bonds is 2. The maximum absolute atomic E-state index is 6.17. The van der Waals surface area contributed by atoms with Crippen LogP contribution in [0.3, 0.4) is 0 Å². The number of aryl methyl sites for hydroxylation is 1. The molecule has 0 bridgehead atoms. The number of hydrogen-bond acceptors (Lipinski definition) is 3. The summed E-state index contributed by atoms with van der Waals surface area (Å²) in [6.07, 6.45) is 1.76. The molecule has 4 nitrogen and oxygen atoms in total. The van der Waals surface area contributed by atoms with Gasteiger partial charge in [-0.15, -0.1) is 0 Å². The van der Waals surface area contributed by atoms with Crippen LogP contribution in [0.4, 0.5) is 0 Å². The normalized spacial score (nSPS) is 28.1. The third kappa shape index (κ3) is 1.81. The molecule has 0 aliphatic carbocycles. The molecule has 1 aromatic rings. The van der Waals surface area contributed by atoms with E-state index >= 15 is 0 Å². The van der Waals surface area contributed by atoms with Gasteiger partial charge in [0, 0.05) is 13.2 Å². The lowest BCUT2D eigenvalue weighted by Gasteiger charge is -2.39. The van der Waals surface area contributed by atoms with E-state index in [9.17, 15) is 0 Å². The Labute approximate surface area is 103 Å². The van der Waals surface area contributed by atoms with Crippen LogP contribution in [0.15, 0.2) is 12.3 Å². The molecule has 0 amide bonds. The molecule has 1 atom stereocenters. The third-order valence-electron chi connectivity index (χ3n) is 4.15. The molecule has 1 aliphatic heterocycles. The Balaban J connectivity index is 2.31. The average molecular weight is 236 g/mol. The van der Waals surface area contributed by atoms with Crippen LogP contribution in [0.2, 0.25) is 0 Å². The first-order valence-corrected chi connectivity index (χ1v) is 6.11.